The van der Waals surface area contributed by atoms with Crippen molar-refractivity contribution in [3.05, 3.63) is 94.8 Å². The smallest absolute Gasteiger partial charge is 0.242 e. The molecule has 1 amide bonds. The fourth-order valence-corrected chi connectivity index (χ4v) is 4.19. The number of carbonyl (C=O) groups is 1. The summed E-state index contributed by atoms with van der Waals surface area (Å²) < 4.78 is 41.5. The molecular weight excluding hydrogens is 427 g/mol. The Labute approximate surface area is 179 Å². The Hall–Kier alpha value is -2.74. The fourth-order valence-electron chi connectivity index (χ4n) is 2.81. The second-order valence-corrected chi connectivity index (χ2v) is 8.92. The molecule has 30 heavy (non-hydrogen) atoms. The molecule has 0 aliphatic carbocycles. The number of carbonyl (C=O) groups excluding carboxylic acids is 1. The zero-order valence-corrected chi connectivity index (χ0v) is 17.7. The highest BCUT2D eigenvalue weighted by Crippen LogP contribution is 2.20. The van der Waals surface area contributed by atoms with Crippen LogP contribution in [0.5, 0.6) is 0 Å². The van der Waals surface area contributed by atoms with Gasteiger partial charge in [0.25, 0.3) is 0 Å². The molecule has 2 N–H and O–H groups in total. The Balaban J connectivity index is 1.86. The van der Waals surface area contributed by atoms with Gasteiger partial charge in [-0.25, -0.2) is 12.8 Å². The maximum atomic E-state index is 13.4. The summed E-state index contributed by atoms with van der Waals surface area (Å²) in [7, 11) is -3.95. The number of nitrogens with one attached hydrogen (secondary N) is 2. The summed E-state index contributed by atoms with van der Waals surface area (Å²) >= 11 is 5.77. The number of hydrogen-bond donors (Lipinski definition) is 2. The van der Waals surface area contributed by atoms with Crippen LogP contribution in [0.2, 0.25) is 5.02 Å². The number of halogens is 2. The normalized spacial score (nSPS) is 12.4. The van der Waals surface area contributed by atoms with Crippen LogP contribution in [-0.2, 0) is 21.2 Å². The average Bonchev–Trinajstić information content (AvgIpc) is 2.71. The minimum atomic E-state index is -3.95. The molecule has 0 spiro atoms. The van der Waals surface area contributed by atoms with Gasteiger partial charge >= 0.3 is 0 Å². The van der Waals surface area contributed by atoms with E-state index in [9.17, 15) is 17.6 Å². The van der Waals surface area contributed by atoms with Crippen LogP contribution < -0.4 is 10.0 Å². The van der Waals surface area contributed by atoms with E-state index in [4.69, 9.17) is 11.6 Å². The topological polar surface area (TPSA) is 75.3 Å². The van der Waals surface area contributed by atoms with Crippen LogP contribution in [0.4, 0.5) is 10.1 Å². The number of sulfonamides is 1. The molecule has 3 aromatic rings. The van der Waals surface area contributed by atoms with Crippen LogP contribution in [0.15, 0.2) is 77.7 Å². The maximum Gasteiger partial charge on any atom is 0.242 e. The van der Waals surface area contributed by atoms with Crippen molar-refractivity contribution >= 4 is 33.2 Å². The average molecular weight is 447 g/mol. The van der Waals surface area contributed by atoms with Gasteiger partial charge in [-0.3, -0.25) is 4.79 Å². The number of hydrogen-bond acceptors (Lipinski definition) is 3. The first-order chi connectivity index (χ1) is 14.2. The largest absolute Gasteiger partial charge is 0.325 e. The van der Waals surface area contributed by atoms with Crippen LogP contribution >= 0.6 is 11.6 Å². The van der Waals surface area contributed by atoms with E-state index in [0.29, 0.717) is 0 Å². The molecule has 156 valence electrons. The summed E-state index contributed by atoms with van der Waals surface area (Å²) in [5, 5.41) is 2.45. The van der Waals surface area contributed by atoms with E-state index in [1.54, 1.807) is 36.4 Å². The molecule has 0 fully saturated rings. The number of amides is 1. The molecule has 0 bridgehead atoms. The van der Waals surface area contributed by atoms with Crippen LogP contribution in [0, 0.1) is 12.7 Å². The molecule has 0 aliphatic heterocycles. The number of benzene rings is 3. The van der Waals surface area contributed by atoms with E-state index in [2.05, 4.69) is 10.0 Å². The minimum Gasteiger partial charge on any atom is -0.325 e. The van der Waals surface area contributed by atoms with E-state index < -0.39 is 27.8 Å². The Bertz CT molecular complexity index is 1140. The lowest BCUT2D eigenvalue weighted by Gasteiger charge is -2.19. The van der Waals surface area contributed by atoms with Gasteiger partial charge in [0.15, 0.2) is 0 Å². The van der Waals surface area contributed by atoms with Gasteiger partial charge in [0.2, 0.25) is 15.9 Å². The molecule has 0 heterocycles. The second kappa shape index (κ2) is 9.38. The van der Waals surface area contributed by atoms with Crippen molar-refractivity contribution < 1.29 is 17.6 Å². The van der Waals surface area contributed by atoms with E-state index in [0.717, 1.165) is 17.2 Å². The third-order valence-electron chi connectivity index (χ3n) is 4.41. The molecule has 1 atom stereocenters. The molecule has 0 unspecified atom stereocenters. The summed E-state index contributed by atoms with van der Waals surface area (Å²) in [4.78, 5) is 13.0. The predicted octanol–water partition coefficient (Wildman–Crippen LogP) is 4.32. The Kier molecular flexibility index (Phi) is 6.87. The van der Waals surface area contributed by atoms with Gasteiger partial charge in [-0.05, 0) is 49.2 Å². The zero-order chi connectivity index (χ0) is 21.7. The van der Waals surface area contributed by atoms with Crippen LogP contribution in [0.3, 0.4) is 0 Å². The predicted molar refractivity (Wildman–Crippen MR) is 115 cm³/mol. The van der Waals surface area contributed by atoms with Gasteiger partial charge in [0.05, 0.1) is 9.92 Å². The first kappa shape index (κ1) is 22.0. The van der Waals surface area contributed by atoms with Crippen molar-refractivity contribution in [1.29, 1.82) is 0 Å². The summed E-state index contributed by atoms with van der Waals surface area (Å²) in [5.41, 5.74) is 1.96. The van der Waals surface area contributed by atoms with Crippen molar-refractivity contribution in [3.63, 3.8) is 0 Å². The first-order valence-corrected chi connectivity index (χ1v) is 11.0. The summed E-state index contributed by atoms with van der Waals surface area (Å²) in [6.45, 7) is 1.85. The van der Waals surface area contributed by atoms with Gasteiger partial charge < -0.3 is 5.32 Å². The van der Waals surface area contributed by atoms with E-state index >= 15 is 0 Å². The number of anilines is 1. The van der Waals surface area contributed by atoms with Crippen LogP contribution in [0.1, 0.15) is 11.1 Å². The molecule has 0 saturated carbocycles. The summed E-state index contributed by atoms with van der Waals surface area (Å²) in [6, 6.07) is 18.0. The van der Waals surface area contributed by atoms with Crippen molar-refractivity contribution in [2.45, 2.75) is 24.3 Å². The monoisotopic (exact) mass is 446 g/mol. The number of aryl methyl sites for hydroxylation is 1. The number of rotatable bonds is 7. The van der Waals surface area contributed by atoms with Gasteiger partial charge in [0, 0.05) is 5.69 Å². The van der Waals surface area contributed by atoms with Gasteiger partial charge in [-0.1, -0.05) is 59.6 Å². The second-order valence-electron chi connectivity index (χ2n) is 6.79. The molecule has 0 aromatic heterocycles. The standard InChI is InChI=1S/C22H20ClFN2O3S/c1-15-7-10-18(11-8-15)30(28,29)26-21(13-16-5-3-2-4-6-16)22(27)25-17-9-12-20(24)19(23)14-17/h2-12,14,21,26H,13H2,1H3,(H,25,27)/t21-/m0/s1. The third-order valence-corrected chi connectivity index (χ3v) is 6.19. The van der Waals surface area contributed by atoms with Crippen LogP contribution in [0.25, 0.3) is 0 Å². The van der Waals surface area contributed by atoms with Crippen molar-refractivity contribution in [2.24, 2.45) is 0 Å². The molecule has 0 aliphatic rings. The van der Waals surface area contributed by atoms with Crippen molar-refractivity contribution in [3.8, 4) is 0 Å². The van der Waals surface area contributed by atoms with E-state index in [1.807, 2.05) is 13.0 Å². The highest BCUT2D eigenvalue weighted by Gasteiger charge is 2.26. The van der Waals surface area contributed by atoms with E-state index in [-0.39, 0.29) is 22.0 Å². The molecule has 3 aromatic carbocycles. The summed E-state index contributed by atoms with van der Waals surface area (Å²) in [6.07, 6.45) is 0.132. The Morgan fingerprint density at radius 3 is 2.33 bits per heavy atom. The van der Waals surface area contributed by atoms with Gasteiger partial charge in [0.1, 0.15) is 11.9 Å². The SMILES string of the molecule is Cc1ccc(S(=O)(=O)N[C@@H](Cc2ccccc2)C(=O)Nc2ccc(F)c(Cl)c2)cc1. The zero-order valence-electron chi connectivity index (χ0n) is 16.1. The van der Waals surface area contributed by atoms with Gasteiger partial charge in [-0.15, -0.1) is 0 Å². The van der Waals surface area contributed by atoms with Crippen LogP contribution in [-0.4, -0.2) is 20.4 Å². The lowest BCUT2D eigenvalue weighted by atomic mass is 10.1. The molecule has 0 radical (unpaired) electrons. The molecule has 8 heteroatoms. The van der Waals surface area contributed by atoms with E-state index in [1.165, 1.54) is 24.3 Å². The minimum absolute atomic E-state index is 0.0591. The lowest BCUT2D eigenvalue weighted by Crippen LogP contribution is -2.45. The highest BCUT2D eigenvalue weighted by molar-refractivity contribution is 7.89. The molecule has 3 rings (SSSR count). The maximum absolute atomic E-state index is 13.4. The first-order valence-electron chi connectivity index (χ1n) is 9.13. The quantitative estimate of drug-likeness (QED) is 0.567. The van der Waals surface area contributed by atoms with Crippen molar-refractivity contribution in [1.82, 2.24) is 4.72 Å². The van der Waals surface area contributed by atoms with Gasteiger partial charge in [-0.2, -0.15) is 4.72 Å². The summed E-state index contributed by atoms with van der Waals surface area (Å²) in [5.74, 6) is -1.20. The fraction of sp³-hybridized carbons (Fsp3) is 0.136. The highest BCUT2D eigenvalue weighted by atomic mass is 35.5. The lowest BCUT2D eigenvalue weighted by molar-refractivity contribution is -0.117. The Morgan fingerprint density at radius 1 is 1.03 bits per heavy atom. The Morgan fingerprint density at radius 2 is 1.70 bits per heavy atom. The third kappa shape index (κ3) is 5.66. The van der Waals surface area contributed by atoms with Crippen molar-refractivity contribution in [2.75, 3.05) is 5.32 Å². The molecule has 0 saturated heterocycles. The molecule has 5 nitrogen and oxygen atoms in total. The molecular formula is C22H20ClFN2O3S.